The number of rotatable bonds is 6. The van der Waals surface area contributed by atoms with Crippen molar-refractivity contribution in [2.45, 2.75) is 19.9 Å². The van der Waals surface area contributed by atoms with Gasteiger partial charge in [0.05, 0.1) is 11.6 Å². The number of nitrogens with zero attached hydrogens (tertiary/aromatic N) is 2. The van der Waals surface area contributed by atoms with Crippen LogP contribution in [0.3, 0.4) is 0 Å². The summed E-state index contributed by atoms with van der Waals surface area (Å²) in [5, 5.41) is 14.1. The maximum Gasteiger partial charge on any atom is 0.287 e. The predicted molar refractivity (Wildman–Crippen MR) is 112 cm³/mol. The highest BCUT2D eigenvalue weighted by Gasteiger charge is 2.25. The average Bonchev–Trinajstić information content (AvgIpc) is 3.27. The van der Waals surface area contributed by atoms with Gasteiger partial charge in [0.2, 0.25) is 5.91 Å². The summed E-state index contributed by atoms with van der Waals surface area (Å²) in [4.78, 5) is 28.9. The molecule has 30 heavy (non-hydrogen) atoms. The summed E-state index contributed by atoms with van der Waals surface area (Å²) in [6.07, 6.45) is 1.71. The van der Waals surface area contributed by atoms with Gasteiger partial charge in [-0.05, 0) is 41.8 Å². The van der Waals surface area contributed by atoms with Gasteiger partial charge >= 0.3 is 0 Å². The molecule has 0 aliphatic rings. The monoisotopic (exact) mass is 402 g/mol. The number of benzene rings is 1. The zero-order valence-electron chi connectivity index (χ0n) is 17.0. The van der Waals surface area contributed by atoms with Crippen LogP contribution in [0.25, 0.3) is 22.6 Å². The second-order valence-electron chi connectivity index (χ2n) is 7.09. The minimum absolute atomic E-state index is 0.0697. The summed E-state index contributed by atoms with van der Waals surface area (Å²) in [6.45, 7) is 3.71. The van der Waals surface area contributed by atoms with E-state index < -0.39 is 11.9 Å². The molecule has 0 saturated heterocycles. The first-order valence-electron chi connectivity index (χ1n) is 9.52. The van der Waals surface area contributed by atoms with Crippen molar-refractivity contribution in [2.24, 2.45) is 5.92 Å². The molecule has 2 aromatic heterocycles. The van der Waals surface area contributed by atoms with Crippen LogP contribution < -0.4 is 10.6 Å². The van der Waals surface area contributed by atoms with Crippen LogP contribution in [0.5, 0.6) is 0 Å². The quantitative estimate of drug-likeness (QED) is 0.657. The lowest BCUT2D eigenvalue weighted by Gasteiger charge is -2.19. The van der Waals surface area contributed by atoms with Gasteiger partial charge in [-0.3, -0.25) is 14.6 Å². The van der Waals surface area contributed by atoms with Gasteiger partial charge in [-0.15, -0.1) is 0 Å². The lowest BCUT2D eigenvalue weighted by Crippen LogP contribution is -2.48. The Kier molecular flexibility index (Phi) is 6.28. The van der Waals surface area contributed by atoms with Crippen molar-refractivity contribution in [1.29, 1.82) is 5.26 Å². The molecule has 1 unspecified atom stereocenters. The number of hydrogen-bond donors (Lipinski definition) is 2. The Hall–Kier alpha value is -3.92. The van der Waals surface area contributed by atoms with Gasteiger partial charge in [0.1, 0.15) is 11.7 Å². The Balaban J connectivity index is 1.74. The van der Waals surface area contributed by atoms with E-state index in [4.69, 9.17) is 9.68 Å². The number of furan rings is 1. The first-order valence-corrected chi connectivity index (χ1v) is 9.52. The first-order chi connectivity index (χ1) is 14.4. The zero-order chi connectivity index (χ0) is 21.7. The maximum absolute atomic E-state index is 12.5. The summed E-state index contributed by atoms with van der Waals surface area (Å²) in [5.74, 6) is -0.229. The van der Waals surface area contributed by atoms with Crippen molar-refractivity contribution in [3.05, 3.63) is 66.1 Å². The Labute approximate surface area is 174 Å². The topological polar surface area (TPSA) is 108 Å². The molecular weight excluding hydrogens is 380 g/mol. The van der Waals surface area contributed by atoms with Gasteiger partial charge in [0.25, 0.3) is 5.91 Å². The van der Waals surface area contributed by atoms with Gasteiger partial charge in [0.15, 0.2) is 11.5 Å². The summed E-state index contributed by atoms with van der Waals surface area (Å²) in [6, 6.07) is 15.6. The molecule has 7 heteroatoms. The number of likely N-dealkylation sites (N-methyl/N-ethyl adjacent to an activating group) is 1. The molecule has 1 atom stereocenters. The number of nitrogens with one attached hydrogen (secondary N) is 2. The van der Waals surface area contributed by atoms with E-state index in [1.54, 1.807) is 36.5 Å². The molecule has 0 spiro atoms. The molecule has 3 aromatic rings. The van der Waals surface area contributed by atoms with Crippen LogP contribution in [0.1, 0.15) is 30.0 Å². The van der Waals surface area contributed by atoms with Crippen LogP contribution in [0, 0.1) is 17.2 Å². The predicted octanol–water partition coefficient (Wildman–Crippen LogP) is 3.38. The van der Waals surface area contributed by atoms with Crippen molar-refractivity contribution in [3.63, 3.8) is 0 Å². The SMILES string of the molecule is CNC(=O)C(NC(=O)c1ccc(-c2ccc(-c3ccc(C#N)cc3)cn2)o1)C(C)C. The van der Waals surface area contributed by atoms with Gasteiger partial charge in [0, 0.05) is 18.8 Å². The minimum Gasteiger partial charge on any atom is -0.449 e. The molecule has 152 valence electrons. The summed E-state index contributed by atoms with van der Waals surface area (Å²) in [7, 11) is 1.53. The highest BCUT2D eigenvalue weighted by molar-refractivity contribution is 5.96. The molecular formula is C23H22N4O3. The standard InChI is InChI=1S/C23H22N4O3/c1-14(2)21(23(29)25-3)27-22(28)20-11-10-19(30-20)18-9-8-17(13-26-18)16-6-4-15(12-24)5-7-16/h4-11,13-14,21H,1-3H3,(H,25,29)(H,27,28). The number of carbonyl (C=O) groups is 2. The third-order valence-electron chi connectivity index (χ3n) is 4.68. The fourth-order valence-corrected chi connectivity index (χ4v) is 2.95. The number of pyridine rings is 1. The average molecular weight is 402 g/mol. The molecule has 0 saturated carbocycles. The van der Waals surface area contributed by atoms with Crippen molar-refractivity contribution < 1.29 is 14.0 Å². The second kappa shape index (κ2) is 9.05. The van der Waals surface area contributed by atoms with E-state index in [0.717, 1.165) is 11.1 Å². The summed E-state index contributed by atoms with van der Waals surface area (Å²) < 4.78 is 5.66. The van der Waals surface area contributed by atoms with Crippen LogP contribution in [0.2, 0.25) is 0 Å². The highest BCUT2D eigenvalue weighted by Crippen LogP contribution is 2.24. The van der Waals surface area contributed by atoms with E-state index in [9.17, 15) is 9.59 Å². The van der Waals surface area contributed by atoms with Crippen molar-refractivity contribution in [1.82, 2.24) is 15.6 Å². The molecule has 0 aliphatic carbocycles. The lowest BCUT2D eigenvalue weighted by molar-refractivity contribution is -0.123. The maximum atomic E-state index is 12.5. The molecule has 2 N–H and O–H groups in total. The molecule has 0 fully saturated rings. The zero-order valence-corrected chi connectivity index (χ0v) is 17.0. The van der Waals surface area contributed by atoms with Crippen LogP contribution >= 0.6 is 0 Å². The van der Waals surface area contributed by atoms with Crippen molar-refractivity contribution >= 4 is 11.8 Å². The summed E-state index contributed by atoms with van der Waals surface area (Å²) >= 11 is 0. The van der Waals surface area contributed by atoms with Crippen molar-refractivity contribution in [3.8, 4) is 28.7 Å². The van der Waals surface area contributed by atoms with E-state index >= 15 is 0 Å². The van der Waals surface area contributed by atoms with E-state index in [2.05, 4.69) is 21.7 Å². The number of amides is 2. The number of aromatic nitrogens is 1. The smallest absolute Gasteiger partial charge is 0.287 e. The van der Waals surface area contributed by atoms with E-state index in [1.807, 2.05) is 32.0 Å². The first kappa shape index (κ1) is 20.8. The number of hydrogen-bond acceptors (Lipinski definition) is 5. The molecule has 1 aromatic carbocycles. The molecule has 7 nitrogen and oxygen atoms in total. The van der Waals surface area contributed by atoms with Gasteiger partial charge < -0.3 is 15.1 Å². The fourth-order valence-electron chi connectivity index (χ4n) is 2.95. The molecule has 0 aliphatic heterocycles. The molecule has 0 radical (unpaired) electrons. The number of nitriles is 1. The van der Waals surface area contributed by atoms with E-state index in [-0.39, 0.29) is 17.6 Å². The number of carbonyl (C=O) groups excluding carboxylic acids is 2. The van der Waals surface area contributed by atoms with Crippen LogP contribution in [-0.2, 0) is 4.79 Å². The summed E-state index contributed by atoms with van der Waals surface area (Å²) in [5.41, 5.74) is 3.03. The van der Waals surface area contributed by atoms with Crippen LogP contribution in [-0.4, -0.2) is 29.9 Å². The van der Waals surface area contributed by atoms with Crippen LogP contribution in [0.15, 0.2) is 59.1 Å². The Morgan fingerprint density at radius 1 is 1.03 bits per heavy atom. The molecule has 0 bridgehead atoms. The molecule has 3 rings (SSSR count). The normalized spacial score (nSPS) is 11.6. The van der Waals surface area contributed by atoms with Crippen LogP contribution in [0.4, 0.5) is 0 Å². The third kappa shape index (κ3) is 4.55. The Bertz CT molecular complexity index is 1080. The third-order valence-corrected chi connectivity index (χ3v) is 4.68. The largest absolute Gasteiger partial charge is 0.449 e. The van der Waals surface area contributed by atoms with Gasteiger partial charge in [-0.25, -0.2) is 0 Å². The fraction of sp³-hybridized carbons (Fsp3) is 0.217. The Morgan fingerprint density at radius 2 is 1.73 bits per heavy atom. The van der Waals surface area contributed by atoms with Crippen molar-refractivity contribution in [2.75, 3.05) is 7.05 Å². The molecule has 2 heterocycles. The minimum atomic E-state index is -0.652. The lowest BCUT2D eigenvalue weighted by atomic mass is 10.0. The second-order valence-corrected chi connectivity index (χ2v) is 7.09. The Morgan fingerprint density at radius 3 is 2.30 bits per heavy atom. The van der Waals surface area contributed by atoms with Gasteiger partial charge in [-0.2, -0.15) is 5.26 Å². The van der Waals surface area contributed by atoms with E-state index in [1.165, 1.54) is 7.05 Å². The van der Waals surface area contributed by atoms with E-state index in [0.29, 0.717) is 17.0 Å². The molecule has 2 amide bonds. The van der Waals surface area contributed by atoms with Gasteiger partial charge in [-0.1, -0.05) is 32.0 Å². The highest BCUT2D eigenvalue weighted by atomic mass is 16.4.